The Morgan fingerprint density at radius 3 is 2.65 bits per heavy atom. The fraction of sp³-hybridized carbons (Fsp3) is 0.500. The normalized spacial score (nSPS) is 24.5. The second kappa shape index (κ2) is 4.88. The Morgan fingerprint density at radius 2 is 2.06 bits per heavy atom. The summed E-state index contributed by atoms with van der Waals surface area (Å²) in [6.07, 6.45) is 1.58. The van der Waals surface area contributed by atoms with E-state index in [0.29, 0.717) is 6.42 Å². The van der Waals surface area contributed by atoms with Gasteiger partial charge in [0.1, 0.15) is 0 Å². The van der Waals surface area contributed by atoms with Crippen molar-refractivity contribution in [1.82, 2.24) is 10.6 Å². The number of piperidine rings is 1. The molecule has 0 saturated carbocycles. The first-order chi connectivity index (χ1) is 8.16. The SMILES string of the molecule is CNCC1(c2ccc(C)cc2)CCNC(=O)C1. The van der Waals surface area contributed by atoms with Crippen molar-refractivity contribution in [2.45, 2.75) is 25.2 Å². The highest BCUT2D eigenvalue weighted by Crippen LogP contribution is 2.33. The van der Waals surface area contributed by atoms with Gasteiger partial charge in [-0.1, -0.05) is 29.8 Å². The minimum absolute atomic E-state index is 0.0369. The molecule has 17 heavy (non-hydrogen) atoms. The molecule has 1 amide bonds. The quantitative estimate of drug-likeness (QED) is 0.826. The zero-order valence-electron chi connectivity index (χ0n) is 10.5. The third kappa shape index (κ3) is 2.50. The van der Waals surface area contributed by atoms with Crippen molar-refractivity contribution in [1.29, 1.82) is 0 Å². The number of likely N-dealkylation sites (N-methyl/N-ethyl adjacent to an activating group) is 1. The number of aryl methyl sites for hydroxylation is 1. The average Bonchev–Trinajstić information content (AvgIpc) is 2.30. The molecule has 1 aromatic rings. The molecule has 92 valence electrons. The lowest BCUT2D eigenvalue weighted by atomic mass is 9.72. The van der Waals surface area contributed by atoms with Gasteiger partial charge in [0.25, 0.3) is 0 Å². The van der Waals surface area contributed by atoms with Crippen LogP contribution in [0.2, 0.25) is 0 Å². The van der Waals surface area contributed by atoms with Crippen LogP contribution in [0.3, 0.4) is 0 Å². The summed E-state index contributed by atoms with van der Waals surface area (Å²) >= 11 is 0. The number of nitrogens with one attached hydrogen (secondary N) is 2. The Morgan fingerprint density at radius 1 is 1.35 bits per heavy atom. The first-order valence-corrected chi connectivity index (χ1v) is 6.15. The van der Waals surface area contributed by atoms with E-state index in [1.54, 1.807) is 0 Å². The highest BCUT2D eigenvalue weighted by atomic mass is 16.1. The molecule has 0 aromatic heterocycles. The number of benzene rings is 1. The number of carbonyl (C=O) groups excluding carboxylic acids is 1. The van der Waals surface area contributed by atoms with E-state index in [9.17, 15) is 4.79 Å². The molecule has 2 N–H and O–H groups in total. The Kier molecular flexibility index (Phi) is 3.48. The maximum Gasteiger partial charge on any atom is 0.220 e. The first kappa shape index (κ1) is 12.1. The summed E-state index contributed by atoms with van der Waals surface area (Å²) in [7, 11) is 1.95. The molecule has 0 bridgehead atoms. The fourth-order valence-corrected chi connectivity index (χ4v) is 2.64. The van der Waals surface area contributed by atoms with E-state index >= 15 is 0 Å². The van der Waals surface area contributed by atoms with E-state index in [-0.39, 0.29) is 11.3 Å². The van der Waals surface area contributed by atoms with Gasteiger partial charge < -0.3 is 10.6 Å². The standard InChI is InChI=1S/C14H20N2O/c1-11-3-5-12(6-4-11)14(10-15-2)7-8-16-13(17)9-14/h3-6,15H,7-10H2,1-2H3,(H,16,17). The average molecular weight is 232 g/mol. The van der Waals surface area contributed by atoms with Crippen molar-refractivity contribution in [3.8, 4) is 0 Å². The summed E-state index contributed by atoms with van der Waals surface area (Å²) in [5.74, 6) is 0.159. The maximum atomic E-state index is 11.7. The summed E-state index contributed by atoms with van der Waals surface area (Å²) in [6, 6.07) is 8.56. The molecule has 1 aliphatic rings. The number of amides is 1. The van der Waals surface area contributed by atoms with Crippen LogP contribution in [-0.2, 0) is 10.2 Å². The lowest BCUT2D eigenvalue weighted by molar-refractivity contribution is -0.124. The highest BCUT2D eigenvalue weighted by Gasteiger charge is 2.36. The molecular weight excluding hydrogens is 212 g/mol. The maximum absolute atomic E-state index is 11.7. The smallest absolute Gasteiger partial charge is 0.220 e. The van der Waals surface area contributed by atoms with Gasteiger partial charge in [0.05, 0.1) is 0 Å². The lowest BCUT2D eigenvalue weighted by Gasteiger charge is -2.37. The molecule has 0 aliphatic carbocycles. The van der Waals surface area contributed by atoms with Crippen LogP contribution < -0.4 is 10.6 Å². The Hall–Kier alpha value is -1.35. The minimum Gasteiger partial charge on any atom is -0.356 e. The summed E-state index contributed by atoms with van der Waals surface area (Å²) in [5.41, 5.74) is 2.49. The van der Waals surface area contributed by atoms with E-state index in [0.717, 1.165) is 19.5 Å². The zero-order chi connectivity index (χ0) is 12.3. The van der Waals surface area contributed by atoms with Gasteiger partial charge in [-0.3, -0.25) is 4.79 Å². The molecule has 1 heterocycles. The fourth-order valence-electron chi connectivity index (χ4n) is 2.64. The van der Waals surface area contributed by atoms with E-state index in [1.807, 2.05) is 7.05 Å². The molecule has 3 heteroatoms. The van der Waals surface area contributed by atoms with E-state index in [4.69, 9.17) is 0 Å². The van der Waals surface area contributed by atoms with Crippen LogP contribution in [0.25, 0.3) is 0 Å². The zero-order valence-corrected chi connectivity index (χ0v) is 10.5. The molecule has 1 saturated heterocycles. The van der Waals surface area contributed by atoms with Crippen LogP contribution in [0.1, 0.15) is 24.0 Å². The Labute approximate surface area is 103 Å². The van der Waals surface area contributed by atoms with Crippen LogP contribution in [0.5, 0.6) is 0 Å². The molecule has 1 aromatic carbocycles. The van der Waals surface area contributed by atoms with Crippen LogP contribution in [-0.4, -0.2) is 26.0 Å². The molecule has 0 spiro atoms. The van der Waals surface area contributed by atoms with Crippen molar-refractivity contribution in [2.75, 3.05) is 20.1 Å². The van der Waals surface area contributed by atoms with Crippen LogP contribution in [0.15, 0.2) is 24.3 Å². The van der Waals surface area contributed by atoms with Gasteiger partial charge in [-0.15, -0.1) is 0 Å². The third-order valence-electron chi connectivity index (χ3n) is 3.60. The van der Waals surface area contributed by atoms with Crippen molar-refractivity contribution in [3.63, 3.8) is 0 Å². The van der Waals surface area contributed by atoms with Gasteiger partial charge in [0.15, 0.2) is 0 Å². The summed E-state index contributed by atoms with van der Waals surface area (Å²) < 4.78 is 0. The minimum atomic E-state index is -0.0369. The van der Waals surface area contributed by atoms with Crippen LogP contribution in [0.4, 0.5) is 0 Å². The number of hydrogen-bond donors (Lipinski definition) is 2. The molecule has 0 radical (unpaired) electrons. The summed E-state index contributed by atoms with van der Waals surface area (Å²) in [6.45, 7) is 3.71. The molecular formula is C14H20N2O. The van der Waals surface area contributed by atoms with Crippen molar-refractivity contribution >= 4 is 5.91 Å². The summed E-state index contributed by atoms with van der Waals surface area (Å²) in [4.78, 5) is 11.7. The van der Waals surface area contributed by atoms with Crippen molar-refractivity contribution in [2.24, 2.45) is 0 Å². The van der Waals surface area contributed by atoms with E-state index in [1.165, 1.54) is 11.1 Å². The third-order valence-corrected chi connectivity index (χ3v) is 3.60. The number of rotatable bonds is 3. The summed E-state index contributed by atoms with van der Waals surface area (Å²) in [5, 5.41) is 6.14. The molecule has 2 rings (SSSR count). The van der Waals surface area contributed by atoms with Crippen LogP contribution in [0, 0.1) is 6.92 Å². The predicted molar refractivity (Wildman–Crippen MR) is 69.0 cm³/mol. The van der Waals surface area contributed by atoms with Crippen LogP contribution >= 0.6 is 0 Å². The number of hydrogen-bond acceptors (Lipinski definition) is 2. The van der Waals surface area contributed by atoms with Gasteiger partial charge in [-0.2, -0.15) is 0 Å². The lowest BCUT2D eigenvalue weighted by Crippen LogP contribution is -2.48. The van der Waals surface area contributed by atoms with Gasteiger partial charge >= 0.3 is 0 Å². The molecule has 1 atom stereocenters. The second-order valence-corrected chi connectivity index (χ2v) is 4.95. The van der Waals surface area contributed by atoms with E-state index < -0.39 is 0 Å². The highest BCUT2D eigenvalue weighted by molar-refractivity contribution is 5.78. The molecule has 3 nitrogen and oxygen atoms in total. The van der Waals surface area contributed by atoms with Gasteiger partial charge in [-0.05, 0) is 26.0 Å². The van der Waals surface area contributed by atoms with Gasteiger partial charge in [-0.25, -0.2) is 0 Å². The van der Waals surface area contributed by atoms with Gasteiger partial charge in [0.2, 0.25) is 5.91 Å². The monoisotopic (exact) mass is 232 g/mol. The second-order valence-electron chi connectivity index (χ2n) is 4.95. The first-order valence-electron chi connectivity index (χ1n) is 6.15. The molecule has 1 aliphatic heterocycles. The Balaban J connectivity index is 2.32. The molecule has 1 unspecified atom stereocenters. The molecule has 1 fully saturated rings. The van der Waals surface area contributed by atoms with Gasteiger partial charge in [0, 0.05) is 24.9 Å². The van der Waals surface area contributed by atoms with Crippen molar-refractivity contribution < 1.29 is 4.79 Å². The Bertz CT molecular complexity index is 395. The topological polar surface area (TPSA) is 41.1 Å². The number of carbonyl (C=O) groups is 1. The van der Waals surface area contributed by atoms with Crippen molar-refractivity contribution in [3.05, 3.63) is 35.4 Å². The van der Waals surface area contributed by atoms with E-state index in [2.05, 4.69) is 41.8 Å². The predicted octanol–water partition coefficient (Wildman–Crippen LogP) is 1.36. The largest absolute Gasteiger partial charge is 0.356 e.